The molecule has 2 N–H and O–H groups in total. The number of aryl methyl sites for hydroxylation is 1. The molecule has 1 aliphatic carbocycles. The van der Waals surface area contributed by atoms with Gasteiger partial charge in [-0.25, -0.2) is 9.78 Å². The van der Waals surface area contributed by atoms with Crippen LogP contribution in [0.3, 0.4) is 0 Å². The molecule has 1 heterocycles. The highest BCUT2D eigenvalue weighted by molar-refractivity contribution is 5.88. The number of aromatic nitrogens is 1. The van der Waals surface area contributed by atoms with Gasteiger partial charge in [-0.15, -0.1) is 0 Å². The predicted molar refractivity (Wildman–Crippen MR) is 77.2 cm³/mol. The van der Waals surface area contributed by atoms with E-state index in [0.29, 0.717) is 5.82 Å². The van der Waals surface area contributed by atoms with Gasteiger partial charge in [0.05, 0.1) is 0 Å². The van der Waals surface area contributed by atoms with E-state index in [1.165, 1.54) is 32.1 Å². The fourth-order valence-corrected chi connectivity index (χ4v) is 2.63. The van der Waals surface area contributed by atoms with Gasteiger partial charge < -0.3 is 5.32 Å². The van der Waals surface area contributed by atoms with Gasteiger partial charge in [0.2, 0.25) is 0 Å². The summed E-state index contributed by atoms with van der Waals surface area (Å²) < 4.78 is 0. The molecule has 0 aromatic carbocycles. The first-order valence-corrected chi connectivity index (χ1v) is 7.22. The summed E-state index contributed by atoms with van der Waals surface area (Å²) in [5.41, 5.74) is 0.977. The van der Waals surface area contributed by atoms with E-state index in [1.54, 1.807) is 6.20 Å². The lowest BCUT2D eigenvalue weighted by molar-refractivity contribution is 0.250. The SMILES string of the molecule is Cc1cccnc1NC(=O)NCCC1CCCCC1. The Morgan fingerprint density at radius 1 is 1.37 bits per heavy atom. The van der Waals surface area contributed by atoms with E-state index in [-0.39, 0.29) is 6.03 Å². The van der Waals surface area contributed by atoms with E-state index < -0.39 is 0 Å². The molecular formula is C15H23N3O. The minimum absolute atomic E-state index is 0.155. The number of pyridine rings is 1. The Kier molecular flexibility index (Phi) is 5.19. The van der Waals surface area contributed by atoms with Crippen LogP contribution in [0.2, 0.25) is 0 Å². The average molecular weight is 261 g/mol. The maximum atomic E-state index is 11.7. The topological polar surface area (TPSA) is 54.0 Å². The van der Waals surface area contributed by atoms with E-state index >= 15 is 0 Å². The fourth-order valence-electron chi connectivity index (χ4n) is 2.63. The van der Waals surface area contributed by atoms with E-state index in [1.807, 2.05) is 19.1 Å². The number of rotatable bonds is 4. The molecule has 4 nitrogen and oxygen atoms in total. The number of carbonyl (C=O) groups is 1. The Hall–Kier alpha value is -1.58. The summed E-state index contributed by atoms with van der Waals surface area (Å²) in [6.45, 7) is 2.69. The zero-order valence-corrected chi connectivity index (χ0v) is 11.6. The van der Waals surface area contributed by atoms with Gasteiger partial charge in [-0.05, 0) is 30.9 Å². The van der Waals surface area contributed by atoms with Crippen LogP contribution in [0.25, 0.3) is 0 Å². The van der Waals surface area contributed by atoms with Crippen LogP contribution in [0.15, 0.2) is 18.3 Å². The van der Waals surface area contributed by atoms with Crippen LogP contribution in [0, 0.1) is 12.8 Å². The highest BCUT2D eigenvalue weighted by atomic mass is 16.2. The lowest BCUT2D eigenvalue weighted by Gasteiger charge is -2.21. The normalized spacial score (nSPS) is 16.1. The Balaban J connectivity index is 1.68. The molecule has 19 heavy (non-hydrogen) atoms. The minimum atomic E-state index is -0.155. The van der Waals surface area contributed by atoms with E-state index in [2.05, 4.69) is 15.6 Å². The number of nitrogens with zero attached hydrogens (tertiary/aromatic N) is 1. The maximum absolute atomic E-state index is 11.7. The minimum Gasteiger partial charge on any atom is -0.338 e. The van der Waals surface area contributed by atoms with Crippen molar-refractivity contribution in [2.45, 2.75) is 45.4 Å². The number of urea groups is 1. The highest BCUT2D eigenvalue weighted by Gasteiger charge is 2.13. The largest absolute Gasteiger partial charge is 0.338 e. The van der Waals surface area contributed by atoms with Crippen molar-refractivity contribution < 1.29 is 4.79 Å². The lowest BCUT2D eigenvalue weighted by Crippen LogP contribution is -2.31. The van der Waals surface area contributed by atoms with Crippen molar-refractivity contribution in [3.63, 3.8) is 0 Å². The summed E-state index contributed by atoms with van der Waals surface area (Å²) in [7, 11) is 0. The van der Waals surface area contributed by atoms with E-state index in [4.69, 9.17) is 0 Å². The summed E-state index contributed by atoms with van der Waals surface area (Å²) in [6, 6.07) is 3.64. The predicted octanol–water partition coefficient (Wildman–Crippen LogP) is 3.48. The Labute approximate surface area is 115 Å². The smallest absolute Gasteiger partial charge is 0.320 e. The van der Waals surface area contributed by atoms with Crippen LogP contribution in [-0.2, 0) is 0 Å². The van der Waals surface area contributed by atoms with Crippen molar-refractivity contribution in [1.82, 2.24) is 10.3 Å². The number of hydrogen-bond acceptors (Lipinski definition) is 2. The Morgan fingerprint density at radius 3 is 2.89 bits per heavy atom. The van der Waals surface area contributed by atoms with Crippen molar-refractivity contribution in [2.75, 3.05) is 11.9 Å². The first-order chi connectivity index (χ1) is 9.25. The molecule has 104 valence electrons. The van der Waals surface area contributed by atoms with E-state index in [9.17, 15) is 4.79 Å². The Morgan fingerprint density at radius 2 is 2.16 bits per heavy atom. The van der Waals surface area contributed by atoms with Gasteiger partial charge in [-0.3, -0.25) is 5.32 Å². The molecule has 2 amide bonds. The van der Waals surface area contributed by atoms with Crippen molar-refractivity contribution in [3.05, 3.63) is 23.9 Å². The van der Waals surface area contributed by atoms with Crippen LogP contribution in [0.1, 0.15) is 44.1 Å². The van der Waals surface area contributed by atoms with Gasteiger partial charge in [0, 0.05) is 12.7 Å². The van der Waals surface area contributed by atoms with Gasteiger partial charge in [0.1, 0.15) is 5.82 Å². The second kappa shape index (κ2) is 7.12. The third kappa shape index (κ3) is 4.54. The maximum Gasteiger partial charge on any atom is 0.320 e. The van der Waals surface area contributed by atoms with E-state index in [0.717, 1.165) is 24.4 Å². The van der Waals surface area contributed by atoms with Crippen molar-refractivity contribution in [2.24, 2.45) is 5.92 Å². The lowest BCUT2D eigenvalue weighted by atomic mass is 9.87. The highest BCUT2D eigenvalue weighted by Crippen LogP contribution is 2.25. The van der Waals surface area contributed by atoms with Gasteiger partial charge in [0.25, 0.3) is 0 Å². The molecule has 0 aliphatic heterocycles. The van der Waals surface area contributed by atoms with Crippen molar-refractivity contribution in [1.29, 1.82) is 0 Å². The number of hydrogen-bond donors (Lipinski definition) is 2. The zero-order valence-electron chi connectivity index (χ0n) is 11.6. The zero-order chi connectivity index (χ0) is 13.5. The van der Waals surface area contributed by atoms with Crippen LogP contribution in [0.5, 0.6) is 0 Å². The molecule has 1 aromatic rings. The van der Waals surface area contributed by atoms with Gasteiger partial charge in [-0.2, -0.15) is 0 Å². The molecule has 1 aromatic heterocycles. The molecule has 1 fully saturated rings. The molecule has 2 rings (SSSR count). The molecule has 0 saturated heterocycles. The van der Waals surface area contributed by atoms with Crippen LogP contribution in [-0.4, -0.2) is 17.6 Å². The summed E-state index contributed by atoms with van der Waals surface area (Å²) in [5, 5.41) is 5.70. The molecule has 0 spiro atoms. The fraction of sp³-hybridized carbons (Fsp3) is 0.600. The van der Waals surface area contributed by atoms with Crippen molar-refractivity contribution in [3.8, 4) is 0 Å². The monoisotopic (exact) mass is 261 g/mol. The number of nitrogens with one attached hydrogen (secondary N) is 2. The van der Waals surface area contributed by atoms with Gasteiger partial charge >= 0.3 is 6.03 Å². The van der Waals surface area contributed by atoms with Gasteiger partial charge in [0.15, 0.2) is 0 Å². The summed E-state index contributed by atoms with van der Waals surface area (Å²) in [5.74, 6) is 1.43. The second-order valence-electron chi connectivity index (χ2n) is 5.34. The summed E-state index contributed by atoms with van der Waals surface area (Å²) >= 11 is 0. The van der Waals surface area contributed by atoms with Gasteiger partial charge in [-0.1, -0.05) is 38.2 Å². The molecule has 0 unspecified atom stereocenters. The standard InChI is InChI=1S/C15H23N3O/c1-12-6-5-10-16-14(12)18-15(19)17-11-9-13-7-3-2-4-8-13/h5-6,10,13H,2-4,7-9,11H2,1H3,(H2,16,17,18,19). The summed E-state index contributed by atoms with van der Waals surface area (Å²) in [6.07, 6.45) is 9.50. The molecule has 4 heteroatoms. The molecule has 0 atom stereocenters. The average Bonchev–Trinajstić information content (AvgIpc) is 2.43. The first-order valence-electron chi connectivity index (χ1n) is 7.22. The van der Waals surface area contributed by atoms with Crippen LogP contribution >= 0.6 is 0 Å². The molecule has 1 aliphatic rings. The number of anilines is 1. The molecule has 0 bridgehead atoms. The van der Waals surface area contributed by atoms with Crippen molar-refractivity contribution >= 4 is 11.8 Å². The third-order valence-electron chi connectivity index (χ3n) is 3.80. The third-order valence-corrected chi connectivity index (χ3v) is 3.80. The summed E-state index contributed by atoms with van der Waals surface area (Å²) in [4.78, 5) is 15.9. The Bertz CT molecular complexity index is 414. The van der Waals surface area contributed by atoms with Crippen LogP contribution in [0.4, 0.5) is 10.6 Å². The first kappa shape index (κ1) is 13.8. The van der Waals surface area contributed by atoms with Crippen LogP contribution < -0.4 is 10.6 Å². The molecule has 0 radical (unpaired) electrons. The quantitative estimate of drug-likeness (QED) is 0.871. The molecule has 1 saturated carbocycles. The second-order valence-corrected chi connectivity index (χ2v) is 5.34. The number of amides is 2. The number of carbonyl (C=O) groups excluding carboxylic acids is 1. The molecular weight excluding hydrogens is 238 g/mol.